The Bertz CT molecular complexity index is 1610. The summed E-state index contributed by atoms with van der Waals surface area (Å²) in [4.78, 5) is 23.7. The molecule has 0 amide bonds. The average molecular weight is 640 g/mol. The van der Waals surface area contributed by atoms with E-state index in [1.54, 1.807) is 36.4 Å². The summed E-state index contributed by atoms with van der Waals surface area (Å²) in [6.45, 7) is 0.0615. The number of H-pyrrole nitrogens is 2. The number of benzene rings is 3. The Balaban J connectivity index is 1.52. The van der Waals surface area contributed by atoms with Gasteiger partial charge in [0.15, 0.2) is 0 Å². The molecule has 0 aliphatic heterocycles. The van der Waals surface area contributed by atoms with E-state index in [-0.39, 0.29) is 30.6 Å². The highest BCUT2D eigenvalue weighted by molar-refractivity contribution is 14.1. The summed E-state index contributed by atoms with van der Waals surface area (Å²) in [5.74, 6) is 0.365. The molecule has 5 rings (SSSR count). The summed E-state index contributed by atoms with van der Waals surface area (Å²) in [5, 5.41) is 20.2. The molecule has 4 N–H and O–H groups in total. The molecule has 0 unspecified atom stereocenters. The van der Waals surface area contributed by atoms with Crippen molar-refractivity contribution in [2.45, 2.75) is 18.9 Å². The first-order chi connectivity index (χ1) is 18.9. The van der Waals surface area contributed by atoms with E-state index in [1.807, 2.05) is 30.3 Å². The van der Waals surface area contributed by atoms with E-state index in [9.17, 15) is 14.3 Å². The number of hydrogen-bond acceptors (Lipinski definition) is 5. The number of aromatic hydroxyl groups is 1. The number of aromatic nitrogens is 4. The lowest BCUT2D eigenvalue weighted by Crippen LogP contribution is -2.24. The predicted octanol–water partition coefficient (Wildman–Crippen LogP) is 5.28. The lowest BCUT2D eigenvalue weighted by molar-refractivity contribution is 0.201. The zero-order valence-corrected chi connectivity index (χ0v) is 22.9. The quantitative estimate of drug-likeness (QED) is 0.155. The molecule has 2 aromatic heterocycles. The maximum absolute atomic E-state index is 14.7. The minimum absolute atomic E-state index is 0.103. The average Bonchev–Trinajstić information content (AvgIpc) is 3.54. The Morgan fingerprint density at radius 2 is 1.82 bits per heavy atom. The third-order valence-corrected chi connectivity index (χ3v) is 7.07. The van der Waals surface area contributed by atoms with E-state index in [0.717, 1.165) is 9.13 Å². The van der Waals surface area contributed by atoms with Gasteiger partial charge in [-0.2, -0.15) is 0 Å². The molecule has 0 aliphatic carbocycles. The second-order valence-corrected chi connectivity index (χ2v) is 10.2. The number of hydrogen-bond donors (Lipinski definition) is 4. The van der Waals surface area contributed by atoms with Crippen molar-refractivity contribution in [1.29, 1.82) is 0 Å². The first-order valence-corrected chi connectivity index (χ1v) is 13.4. The minimum atomic E-state index is -0.657. The molecule has 8 nitrogen and oxygen atoms in total. The van der Waals surface area contributed by atoms with Gasteiger partial charge in [0.1, 0.15) is 29.7 Å². The molecule has 200 valence electrons. The molecule has 0 radical (unpaired) electrons. The molecule has 0 fully saturated rings. The van der Waals surface area contributed by atoms with Crippen molar-refractivity contribution in [2.24, 2.45) is 0 Å². The van der Waals surface area contributed by atoms with Crippen molar-refractivity contribution < 1.29 is 19.3 Å². The number of imidazole rings is 2. The number of nitrogens with one attached hydrogen (secondary N) is 2. The summed E-state index contributed by atoms with van der Waals surface area (Å²) >= 11 is 2.05. The first-order valence-electron chi connectivity index (χ1n) is 12.4. The molecular formula is C29H26FIN4O4. The van der Waals surface area contributed by atoms with Crippen LogP contribution in [0.3, 0.4) is 0 Å². The van der Waals surface area contributed by atoms with Crippen LogP contribution in [-0.2, 0) is 6.42 Å². The Morgan fingerprint density at radius 3 is 2.54 bits per heavy atom. The normalized spacial score (nSPS) is 12.0. The van der Waals surface area contributed by atoms with Crippen LogP contribution in [-0.4, -0.2) is 42.9 Å². The Morgan fingerprint density at radius 1 is 1.05 bits per heavy atom. The fourth-order valence-corrected chi connectivity index (χ4v) is 4.95. The summed E-state index contributed by atoms with van der Waals surface area (Å²) in [6.07, 6.45) is 2.60. The van der Waals surface area contributed by atoms with Crippen molar-refractivity contribution in [1.82, 2.24) is 19.5 Å². The Hall–Kier alpha value is -3.90. The van der Waals surface area contributed by atoms with Gasteiger partial charge in [0, 0.05) is 14.7 Å². The van der Waals surface area contributed by atoms with Gasteiger partial charge in [0.05, 0.1) is 24.5 Å². The van der Waals surface area contributed by atoms with Gasteiger partial charge in [0.25, 0.3) is 0 Å². The summed E-state index contributed by atoms with van der Waals surface area (Å²) in [7, 11) is 0. The zero-order valence-electron chi connectivity index (χ0n) is 20.8. The second-order valence-electron chi connectivity index (χ2n) is 8.94. The van der Waals surface area contributed by atoms with Crippen LogP contribution in [0.5, 0.6) is 11.6 Å². The molecule has 39 heavy (non-hydrogen) atoms. The van der Waals surface area contributed by atoms with E-state index >= 15 is 0 Å². The lowest BCUT2D eigenvalue weighted by atomic mass is 10.0. The zero-order chi connectivity index (χ0) is 27.4. The molecule has 1 atom stereocenters. The molecule has 3 aromatic carbocycles. The number of aromatic amines is 2. The number of ether oxygens (including phenoxy) is 1. The predicted molar refractivity (Wildman–Crippen MR) is 154 cm³/mol. The van der Waals surface area contributed by atoms with Crippen LogP contribution in [0.4, 0.5) is 4.39 Å². The smallest absolute Gasteiger partial charge is 0.329 e. The highest BCUT2D eigenvalue weighted by atomic mass is 127. The molecule has 0 saturated heterocycles. The van der Waals surface area contributed by atoms with Gasteiger partial charge in [-0.3, -0.25) is 4.57 Å². The third-order valence-electron chi connectivity index (χ3n) is 6.40. The maximum atomic E-state index is 14.7. The van der Waals surface area contributed by atoms with Crippen molar-refractivity contribution in [3.63, 3.8) is 0 Å². The maximum Gasteiger partial charge on any atom is 0.329 e. The summed E-state index contributed by atoms with van der Waals surface area (Å²) in [6, 6.07) is 20.9. The van der Waals surface area contributed by atoms with E-state index in [0.29, 0.717) is 41.2 Å². The Kier molecular flexibility index (Phi) is 8.13. The molecule has 0 saturated carbocycles. The summed E-state index contributed by atoms with van der Waals surface area (Å²) in [5.41, 5.74) is 2.26. The van der Waals surface area contributed by atoms with Crippen LogP contribution in [0.2, 0.25) is 0 Å². The van der Waals surface area contributed by atoms with Crippen LogP contribution >= 0.6 is 22.6 Å². The molecule has 0 bridgehead atoms. The SMILES string of the molecule is O=c1[nH]c(-c2ccc(OCCO)cc2)c(O)n1[C@@H](CCc1ccccc1)c1ncc(-c2ccc(I)cc2F)[nH]1. The van der Waals surface area contributed by atoms with Crippen LogP contribution in [0.15, 0.2) is 83.8 Å². The standard InChI is InChI=1S/C29H26FIN4O4/c30-23-16-20(31)9-12-22(23)24-17-32-27(33-24)25(13-6-18-4-2-1-3-5-18)35-28(37)26(34-29(35)38)19-7-10-21(11-8-19)39-15-14-36/h1-5,7-12,16-17,25,36-37H,6,13-15H2,(H,32,33)(H,34,38)/t25-/m0/s1. The van der Waals surface area contributed by atoms with Crippen molar-refractivity contribution in [2.75, 3.05) is 13.2 Å². The van der Waals surface area contributed by atoms with E-state index in [2.05, 4.69) is 37.5 Å². The van der Waals surface area contributed by atoms with E-state index < -0.39 is 11.7 Å². The van der Waals surface area contributed by atoms with Crippen molar-refractivity contribution in [3.8, 4) is 34.1 Å². The number of nitrogens with zero attached hydrogens (tertiary/aromatic N) is 2. The van der Waals surface area contributed by atoms with Gasteiger partial charge in [-0.1, -0.05) is 30.3 Å². The first kappa shape index (κ1) is 26.7. The largest absolute Gasteiger partial charge is 0.493 e. The van der Waals surface area contributed by atoms with Crippen molar-refractivity contribution >= 4 is 22.6 Å². The fourth-order valence-electron chi connectivity index (χ4n) is 4.50. The molecule has 2 heterocycles. The monoisotopic (exact) mass is 640 g/mol. The van der Waals surface area contributed by atoms with Crippen LogP contribution in [0.25, 0.3) is 22.5 Å². The van der Waals surface area contributed by atoms with Crippen molar-refractivity contribution in [3.05, 3.63) is 110 Å². The third kappa shape index (κ3) is 5.91. The highest BCUT2D eigenvalue weighted by Gasteiger charge is 2.26. The highest BCUT2D eigenvalue weighted by Crippen LogP contribution is 2.33. The summed E-state index contributed by atoms with van der Waals surface area (Å²) < 4.78 is 22.1. The number of aryl methyl sites for hydroxylation is 1. The number of halogens is 2. The van der Waals surface area contributed by atoms with Gasteiger partial charge in [0.2, 0.25) is 5.88 Å². The van der Waals surface area contributed by atoms with Crippen LogP contribution in [0, 0.1) is 9.39 Å². The van der Waals surface area contributed by atoms with E-state index in [4.69, 9.17) is 9.84 Å². The number of rotatable bonds is 10. The van der Waals surface area contributed by atoms with Gasteiger partial charge < -0.3 is 24.9 Å². The minimum Gasteiger partial charge on any atom is -0.493 e. The molecule has 0 aliphatic rings. The van der Waals surface area contributed by atoms with Gasteiger partial charge >= 0.3 is 5.69 Å². The Labute approximate surface area is 237 Å². The topological polar surface area (TPSA) is 116 Å². The van der Waals surface area contributed by atoms with Gasteiger partial charge in [-0.05, 0) is 83.5 Å². The molecule has 10 heteroatoms. The van der Waals surface area contributed by atoms with E-state index in [1.165, 1.54) is 16.8 Å². The van der Waals surface area contributed by atoms with Gasteiger partial charge in [-0.25, -0.2) is 14.2 Å². The number of aliphatic hydroxyl groups excluding tert-OH is 1. The molecular weight excluding hydrogens is 614 g/mol. The fraction of sp³-hybridized carbons (Fsp3) is 0.172. The van der Waals surface area contributed by atoms with Gasteiger partial charge in [-0.15, -0.1) is 0 Å². The molecule has 0 spiro atoms. The lowest BCUT2D eigenvalue weighted by Gasteiger charge is -2.17. The van der Waals surface area contributed by atoms with Crippen LogP contribution in [0.1, 0.15) is 23.9 Å². The number of aliphatic hydroxyl groups is 1. The van der Waals surface area contributed by atoms with Crippen LogP contribution < -0.4 is 10.4 Å². The molecule has 5 aromatic rings. The second kappa shape index (κ2) is 11.9.